The second-order valence-electron chi connectivity index (χ2n) is 4.88. The maximum Gasteiger partial charge on any atom is 0.409 e. The van der Waals surface area contributed by atoms with E-state index in [0.29, 0.717) is 32.3 Å². The average Bonchev–Trinajstić information content (AvgIpc) is 2.44. The first-order valence-corrected chi connectivity index (χ1v) is 6.58. The third-order valence-electron chi connectivity index (χ3n) is 3.23. The third kappa shape index (κ3) is 4.47. The Balaban J connectivity index is 1.91. The summed E-state index contributed by atoms with van der Waals surface area (Å²) in [5.41, 5.74) is 1.09. The number of piperazine rings is 1. The van der Waals surface area contributed by atoms with Gasteiger partial charge in [0, 0.05) is 44.5 Å². The number of alkyl halides is 3. The van der Waals surface area contributed by atoms with Gasteiger partial charge in [0.1, 0.15) is 5.82 Å². The topological polar surface area (TPSA) is 36.4 Å². The molecule has 0 N–H and O–H groups in total. The van der Waals surface area contributed by atoms with Gasteiger partial charge in [-0.1, -0.05) is 0 Å². The first kappa shape index (κ1) is 15.3. The summed E-state index contributed by atoms with van der Waals surface area (Å²) < 4.78 is 36.1. The van der Waals surface area contributed by atoms with Gasteiger partial charge in [-0.05, 0) is 24.6 Å². The molecular formula is C14H16F3N3O. The number of carbonyl (C=O) groups excluding carboxylic acids is 1. The number of carbonyl (C=O) groups is 1. The number of allylic oxidation sites excluding steroid dienone is 1. The summed E-state index contributed by atoms with van der Waals surface area (Å²) in [6.45, 7) is 3.85. The van der Waals surface area contributed by atoms with Gasteiger partial charge >= 0.3 is 6.18 Å². The van der Waals surface area contributed by atoms with Crippen LogP contribution in [0.4, 0.5) is 19.0 Å². The molecular weight excluding hydrogens is 283 g/mol. The van der Waals surface area contributed by atoms with Crippen molar-refractivity contribution in [2.24, 2.45) is 0 Å². The highest BCUT2D eigenvalue weighted by Gasteiger charge is 2.25. The molecule has 0 unspecified atom stereocenters. The Morgan fingerprint density at radius 1 is 1.29 bits per heavy atom. The van der Waals surface area contributed by atoms with Crippen LogP contribution in [0.5, 0.6) is 0 Å². The van der Waals surface area contributed by atoms with E-state index < -0.39 is 12.1 Å². The van der Waals surface area contributed by atoms with Crippen LogP contribution in [0.1, 0.15) is 5.56 Å². The first-order valence-electron chi connectivity index (χ1n) is 6.58. The van der Waals surface area contributed by atoms with Crippen LogP contribution in [0.3, 0.4) is 0 Å². The molecule has 1 aromatic rings. The molecule has 0 bridgehead atoms. The maximum absolute atomic E-state index is 12.0. The molecule has 1 amide bonds. The molecule has 4 nitrogen and oxygen atoms in total. The van der Waals surface area contributed by atoms with Gasteiger partial charge in [0.15, 0.2) is 0 Å². The molecule has 2 rings (SSSR count). The zero-order valence-corrected chi connectivity index (χ0v) is 11.6. The van der Waals surface area contributed by atoms with Crippen LogP contribution in [0.15, 0.2) is 30.5 Å². The van der Waals surface area contributed by atoms with E-state index in [-0.39, 0.29) is 6.08 Å². The summed E-state index contributed by atoms with van der Waals surface area (Å²) in [7, 11) is 0. The zero-order valence-electron chi connectivity index (χ0n) is 11.6. The Morgan fingerprint density at radius 2 is 1.95 bits per heavy atom. The number of anilines is 1. The van der Waals surface area contributed by atoms with Gasteiger partial charge in [0.05, 0.1) is 0 Å². The van der Waals surface area contributed by atoms with Crippen molar-refractivity contribution in [2.75, 3.05) is 31.1 Å². The highest BCUT2D eigenvalue weighted by molar-refractivity contribution is 5.87. The summed E-state index contributed by atoms with van der Waals surface area (Å²) >= 11 is 0. The Kier molecular flexibility index (Phi) is 4.50. The molecule has 0 aliphatic carbocycles. The van der Waals surface area contributed by atoms with Crippen molar-refractivity contribution in [1.82, 2.24) is 9.88 Å². The molecule has 1 aromatic heterocycles. The van der Waals surface area contributed by atoms with Crippen LogP contribution in [-0.2, 0) is 4.79 Å². The Bertz CT molecular complexity index is 535. The normalized spacial score (nSPS) is 16.6. The highest BCUT2D eigenvalue weighted by Crippen LogP contribution is 2.17. The number of pyridine rings is 1. The molecule has 0 spiro atoms. The van der Waals surface area contributed by atoms with Crippen LogP contribution in [-0.4, -0.2) is 48.1 Å². The molecule has 114 valence electrons. The number of halogens is 3. The molecule has 2 heterocycles. The van der Waals surface area contributed by atoms with Crippen molar-refractivity contribution in [2.45, 2.75) is 13.1 Å². The van der Waals surface area contributed by atoms with Crippen LogP contribution in [0, 0.1) is 6.92 Å². The molecule has 1 fully saturated rings. The van der Waals surface area contributed by atoms with Gasteiger partial charge in [-0.25, -0.2) is 4.98 Å². The SMILES string of the molecule is Cc1ccnc(N2CCN(C(=O)C=CC(F)(F)F)CC2)c1. The second kappa shape index (κ2) is 6.15. The molecule has 7 heteroatoms. The van der Waals surface area contributed by atoms with Gasteiger partial charge in [-0.2, -0.15) is 13.2 Å². The number of hydrogen-bond acceptors (Lipinski definition) is 3. The smallest absolute Gasteiger partial charge is 0.353 e. The lowest BCUT2D eigenvalue weighted by atomic mass is 10.2. The first-order chi connectivity index (χ1) is 9.85. The van der Waals surface area contributed by atoms with Crippen molar-refractivity contribution in [3.8, 4) is 0 Å². The maximum atomic E-state index is 12.0. The van der Waals surface area contributed by atoms with E-state index in [0.717, 1.165) is 11.4 Å². The summed E-state index contributed by atoms with van der Waals surface area (Å²) in [5.74, 6) is 0.220. The van der Waals surface area contributed by atoms with Crippen LogP contribution < -0.4 is 4.90 Å². The van der Waals surface area contributed by atoms with E-state index in [2.05, 4.69) is 4.98 Å². The van der Waals surface area contributed by atoms with Crippen molar-refractivity contribution in [3.63, 3.8) is 0 Å². The number of hydrogen-bond donors (Lipinski definition) is 0. The van der Waals surface area contributed by atoms with Gasteiger partial charge in [0.25, 0.3) is 0 Å². The number of aromatic nitrogens is 1. The second-order valence-corrected chi connectivity index (χ2v) is 4.88. The number of nitrogens with zero attached hydrogens (tertiary/aromatic N) is 3. The molecule has 0 radical (unpaired) electrons. The Labute approximate surface area is 120 Å². The van der Waals surface area contributed by atoms with Crippen LogP contribution >= 0.6 is 0 Å². The number of aryl methyl sites for hydroxylation is 1. The van der Waals surface area contributed by atoms with Gasteiger partial charge in [-0.15, -0.1) is 0 Å². The fraction of sp³-hybridized carbons (Fsp3) is 0.429. The molecule has 0 saturated carbocycles. The van der Waals surface area contributed by atoms with Gasteiger partial charge < -0.3 is 9.80 Å². The van der Waals surface area contributed by atoms with E-state index >= 15 is 0 Å². The van der Waals surface area contributed by atoms with Crippen molar-refractivity contribution in [1.29, 1.82) is 0 Å². The van der Waals surface area contributed by atoms with E-state index in [1.54, 1.807) is 6.20 Å². The predicted octanol–water partition coefficient (Wildman–Crippen LogP) is 2.16. The number of amides is 1. The third-order valence-corrected chi connectivity index (χ3v) is 3.23. The van der Waals surface area contributed by atoms with Crippen LogP contribution in [0.2, 0.25) is 0 Å². The average molecular weight is 299 g/mol. The van der Waals surface area contributed by atoms with Crippen LogP contribution in [0.25, 0.3) is 0 Å². The minimum atomic E-state index is -4.46. The van der Waals surface area contributed by atoms with Crippen molar-refractivity contribution >= 4 is 11.7 Å². The monoisotopic (exact) mass is 299 g/mol. The van der Waals surface area contributed by atoms with Crippen molar-refractivity contribution < 1.29 is 18.0 Å². The van der Waals surface area contributed by atoms with E-state index in [4.69, 9.17) is 0 Å². The predicted molar refractivity (Wildman–Crippen MR) is 73.0 cm³/mol. The molecule has 0 atom stereocenters. The van der Waals surface area contributed by atoms with E-state index in [1.165, 1.54) is 4.90 Å². The quantitative estimate of drug-likeness (QED) is 0.785. The molecule has 1 saturated heterocycles. The lowest BCUT2D eigenvalue weighted by molar-refractivity contribution is -0.127. The fourth-order valence-corrected chi connectivity index (χ4v) is 2.12. The summed E-state index contributed by atoms with van der Waals surface area (Å²) in [6, 6.07) is 3.84. The van der Waals surface area contributed by atoms with Gasteiger partial charge in [-0.3, -0.25) is 4.79 Å². The largest absolute Gasteiger partial charge is 0.409 e. The highest BCUT2D eigenvalue weighted by atomic mass is 19.4. The standard InChI is InChI=1S/C14H16F3N3O/c1-11-3-5-18-12(10-11)19-6-8-20(9-7-19)13(21)2-4-14(15,16)17/h2-5,10H,6-9H2,1H3. The number of rotatable bonds is 2. The lowest BCUT2D eigenvalue weighted by Gasteiger charge is -2.35. The van der Waals surface area contributed by atoms with E-state index in [1.807, 2.05) is 24.0 Å². The Hall–Kier alpha value is -2.05. The Morgan fingerprint density at radius 3 is 2.52 bits per heavy atom. The fourth-order valence-electron chi connectivity index (χ4n) is 2.12. The lowest BCUT2D eigenvalue weighted by Crippen LogP contribution is -2.48. The summed E-state index contributed by atoms with van der Waals surface area (Å²) in [4.78, 5) is 19.3. The summed E-state index contributed by atoms with van der Waals surface area (Å²) in [5, 5.41) is 0. The molecule has 0 aromatic carbocycles. The van der Waals surface area contributed by atoms with Crippen molar-refractivity contribution in [3.05, 3.63) is 36.0 Å². The minimum absolute atomic E-state index is 0.0240. The van der Waals surface area contributed by atoms with Gasteiger partial charge in [0.2, 0.25) is 5.91 Å². The minimum Gasteiger partial charge on any atom is -0.353 e. The van der Waals surface area contributed by atoms with E-state index in [9.17, 15) is 18.0 Å². The zero-order chi connectivity index (χ0) is 15.5. The summed E-state index contributed by atoms with van der Waals surface area (Å²) in [6.07, 6.45) is -2.18. The molecule has 1 aliphatic rings. The molecule has 1 aliphatic heterocycles. The molecule has 21 heavy (non-hydrogen) atoms.